The first-order chi connectivity index (χ1) is 38.5. The molecule has 3 atom stereocenters. The van der Waals surface area contributed by atoms with E-state index in [-0.39, 0.29) is 12.5 Å². The van der Waals surface area contributed by atoms with Crippen molar-refractivity contribution in [1.82, 2.24) is 5.32 Å². The SMILES string of the molecule is CCCCCCCCCCCCCC/C=C/CC/C=C/C(O)C(COP(=O)([O-])OCC[N+](C)(C)C)NC(=O)CCCCCCCCCCCCCCCCCCC/C=C\C/C=C\CCCCCCCCCCCCCCCCC. The van der Waals surface area contributed by atoms with Crippen LogP contribution >= 0.6 is 7.82 Å². The smallest absolute Gasteiger partial charge is 0.268 e. The lowest BCUT2D eigenvalue weighted by Gasteiger charge is -2.29. The van der Waals surface area contributed by atoms with Crippen molar-refractivity contribution in [3.8, 4) is 0 Å². The molecule has 0 aromatic heterocycles. The lowest BCUT2D eigenvalue weighted by Crippen LogP contribution is -2.45. The number of rotatable bonds is 64. The first-order valence-corrected chi connectivity index (χ1v) is 36.0. The Morgan fingerprint density at radius 1 is 0.443 bits per heavy atom. The van der Waals surface area contributed by atoms with Crippen LogP contribution in [0.1, 0.15) is 341 Å². The van der Waals surface area contributed by atoms with Gasteiger partial charge < -0.3 is 28.8 Å². The fraction of sp³-hybridized carbons (Fsp3) is 0.871. The van der Waals surface area contributed by atoms with Crippen molar-refractivity contribution < 1.29 is 32.9 Å². The molecule has 0 fully saturated rings. The summed E-state index contributed by atoms with van der Waals surface area (Å²) in [7, 11) is 1.25. The van der Waals surface area contributed by atoms with E-state index in [2.05, 4.69) is 55.6 Å². The van der Waals surface area contributed by atoms with Crippen molar-refractivity contribution in [3.05, 3.63) is 48.6 Å². The second-order valence-corrected chi connectivity index (χ2v) is 26.3. The molecule has 0 aromatic rings. The molecule has 8 nitrogen and oxygen atoms in total. The van der Waals surface area contributed by atoms with Crippen LogP contribution in [-0.4, -0.2) is 68.5 Å². The van der Waals surface area contributed by atoms with Gasteiger partial charge in [-0.2, -0.15) is 0 Å². The van der Waals surface area contributed by atoms with Crippen molar-refractivity contribution in [2.45, 2.75) is 353 Å². The van der Waals surface area contributed by atoms with Crippen LogP contribution in [0.2, 0.25) is 0 Å². The predicted octanol–water partition coefficient (Wildman–Crippen LogP) is 21.2. The van der Waals surface area contributed by atoms with Crippen LogP contribution in [0.15, 0.2) is 48.6 Å². The van der Waals surface area contributed by atoms with Crippen molar-refractivity contribution in [3.63, 3.8) is 0 Å². The molecule has 3 unspecified atom stereocenters. The fourth-order valence-corrected chi connectivity index (χ4v) is 11.1. The maximum Gasteiger partial charge on any atom is 0.268 e. The lowest BCUT2D eigenvalue weighted by molar-refractivity contribution is -0.870. The Hall–Kier alpha value is -1.54. The van der Waals surface area contributed by atoms with Crippen LogP contribution in [-0.2, 0) is 18.4 Å². The van der Waals surface area contributed by atoms with E-state index >= 15 is 0 Å². The summed E-state index contributed by atoms with van der Waals surface area (Å²) < 4.78 is 23.4. The number of nitrogens with zero attached hydrogens (tertiary/aromatic N) is 1. The number of phosphoric ester groups is 1. The van der Waals surface area contributed by atoms with E-state index in [0.717, 1.165) is 44.9 Å². The summed E-state index contributed by atoms with van der Waals surface area (Å²) in [6.07, 6.45) is 82.5. The van der Waals surface area contributed by atoms with Crippen LogP contribution in [0.5, 0.6) is 0 Å². The number of amides is 1. The largest absolute Gasteiger partial charge is 0.756 e. The molecule has 0 aliphatic heterocycles. The van der Waals surface area contributed by atoms with Gasteiger partial charge in [-0.15, -0.1) is 0 Å². The number of hydrogen-bond donors (Lipinski definition) is 2. The third-order valence-corrected chi connectivity index (χ3v) is 16.7. The van der Waals surface area contributed by atoms with E-state index in [4.69, 9.17) is 9.05 Å². The third kappa shape index (κ3) is 63.9. The van der Waals surface area contributed by atoms with Gasteiger partial charge in [0.1, 0.15) is 13.2 Å². The summed E-state index contributed by atoms with van der Waals surface area (Å²) in [4.78, 5) is 25.6. The van der Waals surface area contributed by atoms with Crippen LogP contribution in [0.4, 0.5) is 0 Å². The van der Waals surface area contributed by atoms with E-state index in [9.17, 15) is 19.4 Å². The van der Waals surface area contributed by atoms with E-state index in [0.29, 0.717) is 17.4 Å². The molecule has 0 heterocycles. The number of carbonyl (C=O) groups excluding carboxylic acids is 1. The molecular weight excluding hydrogens is 996 g/mol. The molecule has 1 amide bonds. The van der Waals surface area contributed by atoms with Crippen LogP contribution in [0, 0.1) is 0 Å². The Kier molecular flexibility index (Phi) is 59.8. The monoisotopic (exact) mass is 1130 g/mol. The molecule has 79 heavy (non-hydrogen) atoms. The summed E-state index contributed by atoms with van der Waals surface area (Å²) in [5.41, 5.74) is 0. The highest BCUT2D eigenvalue weighted by Gasteiger charge is 2.23. The molecule has 466 valence electrons. The number of phosphoric acid groups is 1. The second kappa shape index (κ2) is 61.0. The van der Waals surface area contributed by atoms with Gasteiger partial charge in [-0.05, 0) is 64.2 Å². The van der Waals surface area contributed by atoms with Crippen molar-refractivity contribution in [2.75, 3.05) is 40.9 Å². The number of aliphatic hydroxyl groups is 1. The Bertz CT molecular complexity index is 1430. The molecule has 0 spiro atoms. The molecule has 0 radical (unpaired) electrons. The van der Waals surface area contributed by atoms with E-state index in [1.807, 2.05) is 27.2 Å². The molecule has 0 aromatic carbocycles. The van der Waals surface area contributed by atoms with E-state index in [1.165, 1.54) is 276 Å². The van der Waals surface area contributed by atoms with Gasteiger partial charge in [-0.25, -0.2) is 0 Å². The van der Waals surface area contributed by atoms with Gasteiger partial charge >= 0.3 is 0 Å². The normalized spacial score (nSPS) is 14.0. The topological polar surface area (TPSA) is 108 Å². The zero-order valence-electron chi connectivity index (χ0n) is 53.3. The summed E-state index contributed by atoms with van der Waals surface area (Å²) in [5.74, 6) is -0.203. The van der Waals surface area contributed by atoms with Gasteiger partial charge in [0.15, 0.2) is 0 Å². The van der Waals surface area contributed by atoms with Gasteiger partial charge in [-0.3, -0.25) is 9.36 Å². The molecule has 0 rings (SSSR count). The Morgan fingerprint density at radius 3 is 1.10 bits per heavy atom. The highest BCUT2D eigenvalue weighted by molar-refractivity contribution is 7.45. The highest BCUT2D eigenvalue weighted by Crippen LogP contribution is 2.38. The Balaban J connectivity index is 3.97. The quantitative estimate of drug-likeness (QED) is 0.0272. The molecule has 0 saturated carbocycles. The number of unbranched alkanes of at least 4 members (excludes halogenated alkanes) is 45. The molecule has 0 aliphatic rings. The van der Waals surface area contributed by atoms with Crippen molar-refractivity contribution >= 4 is 13.7 Å². The van der Waals surface area contributed by atoms with Crippen molar-refractivity contribution in [2.24, 2.45) is 0 Å². The molecule has 2 N–H and O–H groups in total. The first kappa shape index (κ1) is 77.5. The average Bonchev–Trinajstić information content (AvgIpc) is 3.42. The first-order valence-electron chi connectivity index (χ1n) is 34.5. The standard InChI is InChI=1S/C70H135N2O6P/c1-6-8-10-12-14-16-18-20-22-24-26-27-28-29-30-31-32-33-34-35-36-37-38-39-40-41-42-43-44-45-46-48-50-52-54-56-58-60-62-64-70(74)71-68(67-78-79(75,76)77-66-65-72(3,4)5)69(73)63-61-59-57-55-53-51-49-47-25-23-21-19-17-15-13-11-9-7-2/h32-33,35-36,53,55,61,63,68-69,73H,6-31,34,37-52,54,56-60,62,64-67H2,1-5H3,(H-,71,74,75,76)/b33-32-,36-35-,55-53+,63-61+. The summed E-state index contributed by atoms with van der Waals surface area (Å²) >= 11 is 0. The number of quaternary nitrogens is 1. The maximum atomic E-state index is 13.0. The second-order valence-electron chi connectivity index (χ2n) is 24.9. The van der Waals surface area contributed by atoms with E-state index in [1.54, 1.807) is 6.08 Å². The molecule has 9 heteroatoms. The minimum absolute atomic E-state index is 0.00584. The molecule has 0 saturated heterocycles. The number of hydrogen-bond acceptors (Lipinski definition) is 6. The predicted molar refractivity (Wildman–Crippen MR) is 344 cm³/mol. The van der Waals surface area contributed by atoms with Crippen LogP contribution < -0.4 is 10.2 Å². The number of likely N-dealkylation sites (N-methyl/N-ethyl adjacent to an activating group) is 1. The van der Waals surface area contributed by atoms with Crippen LogP contribution in [0.25, 0.3) is 0 Å². The molecule has 0 aliphatic carbocycles. The average molecular weight is 1130 g/mol. The molecular formula is C70H135N2O6P. The third-order valence-electron chi connectivity index (χ3n) is 15.8. The van der Waals surface area contributed by atoms with Gasteiger partial charge in [0, 0.05) is 6.42 Å². The molecule has 0 bridgehead atoms. The zero-order valence-corrected chi connectivity index (χ0v) is 54.2. The van der Waals surface area contributed by atoms with Gasteiger partial charge in [-0.1, -0.05) is 319 Å². The number of nitrogens with one attached hydrogen (secondary N) is 1. The minimum Gasteiger partial charge on any atom is -0.756 e. The zero-order chi connectivity index (χ0) is 57.7. The van der Waals surface area contributed by atoms with Gasteiger partial charge in [0.2, 0.25) is 5.91 Å². The van der Waals surface area contributed by atoms with Gasteiger partial charge in [0.05, 0.1) is 39.9 Å². The number of allylic oxidation sites excluding steroid dienone is 7. The lowest BCUT2D eigenvalue weighted by atomic mass is 10.0. The van der Waals surface area contributed by atoms with E-state index < -0.39 is 26.6 Å². The Labute approximate surface area is 492 Å². The van der Waals surface area contributed by atoms with Crippen molar-refractivity contribution in [1.29, 1.82) is 0 Å². The Morgan fingerprint density at radius 2 is 0.747 bits per heavy atom. The number of carbonyl (C=O) groups is 1. The summed E-state index contributed by atoms with van der Waals surface area (Å²) in [6, 6.07) is -0.904. The summed E-state index contributed by atoms with van der Waals surface area (Å²) in [5, 5.41) is 13.9. The number of aliphatic hydroxyl groups excluding tert-OH is 1. The summed E-state index contributed by atoms with van der Waals surface area (Å²) in [6.45, 7) is 4.67. The highest BCUT2D eigenvalue weighted by atomic mass is 31.2. The maximum absolute atomic E-state index is 13.0. The van der Waals surface area contributed by atoms with Crippen LogP contribution in [0.3, 0.4) is 0 Å². The van der Waals surface area contributed by atoms with Gasteiger partial charge in [0.25, 0.3) is 7.82 Å². The fourth-order valence-electron chi connectivity index (χ4n) is 10.4. The minimum atomic E-state index is -4.61.